The highest BCUT2D eigenvalue weighted by atomic mass is 79.9. The highest BCUT2D eigenvalue weighted by Gasteiger charge is 2.05. The van der Waals surface area contributed by atoms with Crippen molar-refractivity contribution in [3.05, 3.63) is 52.4 Å². The summed E-state index contributed by atoms with van der Waals surface area (Å²) < 4.78 is 2.83. The van der Waals surface area contributed by atoms with Gasteiger partial charge in [0.15, 0.2) is 0 Å². The molecule has 0 bridgehead atoms. The number of nitrogens with one attached hydrogen (secondary N) is 1. The van der Waals surface area contributed by atoms with Gasteiger partial charge in [-0.25, -0.2) is 0 Å². The van der Waals surface area contributed by atoms with Crippen LogP contribution in [0, 0.1) is 6.92 Å². The fourth-order valence-corrected chi connectivity index (χ4v) is 2.64. The third-order valence-electron chi connectivity index (χ3n) is 3.26. The van der Waals surface area contributed by atoms with E-state index < -0.39 is 0 Å². The minimum absolute atomic E-state index is 0.747. The van der Waals surface area contributed by atoms with Crippen LogP contribution in [0.1, 0.15) is 11.3 Å². The average Bonchev–Trinajstić information content (AvgIpc) is 2.74. The van der Waals surface area contributed by atoms with E-state index in [1.807, 2.05) is 37.1 Å². The number of benzene rings is 1. The quantitative estimate of drug-likeness (QED) is 0.797. The molecule has 2 aromatic heterocycles. The summed E-state index contributed by atoms with van der Waals surface area (Å²) in [5.74, 6) is 0. The lowest BCUT2D eigenvalue weighted by Gasteiger charge is -2.08. The van der Waals surface area contributed by atoms with Crippen LogP contribution < -0.4 is 5.32 Å². The van der Waals surface area contributed by atoms with E-state index in [0.717, 1.165) is 33.3 Å². The number of nitrogens with zero attached hydrogens (tertiary/aromatic N) is 3. The summed E-state index contributed by atoms with van der Waals surface area (Å²) >= 11 is 3.45. The molecule has 0 radical (unpaired) electrons. The van der Waals surface area contributed by atoms with Gasteiger partial charge in [0.25, 0.3) is 0 Å². The van der Waals surface area contributed by atoms with Gasteiger partial charge in [-0.1, -0.05) is 12.1 Å². The number of halogens is 1. The smallest absolute Gasteiger partial charge is 0.0934 e. The SMILES string of the molecule is Cc1nn(C)cc1CNc1cccc2cc(Br)cnc12. The van der Waals surface area contributed by atoms with Crippen molar-refractivity contribution in [3.63, 3.8) is 0 Å². The lowest BCUT2D eigenvalue weighted by Crippen LogP contribution is -2.01. The zero-order valence-electron chi connectivity index (χ0n) is 11.4. The van der Waals surface area contributed by atoms with Gasteiger partial charge in [0.2, 0.25) is 0 Å². The molecule has 1 N–H and O–H groups in total. The van der Waals surface area contributed by atoms with Crippen molar-refractivity contribution in [2.45, 2.75) is 13.5 Å². The van der Waals surface area contributed by atoms with Gasteiger partial charge in [-0.3, -0.25) is 9.67 Å². The molecule has 0 aliphatic heterocycles. The molecular weight excluding hydrogens is 316 g/mol. The number of anilines is 1. The highest BCUT2D eigenvalue weighted by molar-refractivity contribution is 9.10. The summed E-state index contributed by atoms with van der Waals surface area (Å²) in [5, 5.41) is 8.92. The Kier molecular flexibility index (Phi) is 3.44. The molecule has 3 aromatic rings. The summed E-state index contributed by atoms with van der Waals surface area (Å²) in [6.45, 7) is 2.77. The second-order valence-corrected chi connectivity index (χ2v) is 5.71. The Morgan fingerprint density at radius 3 is 2.95 bits per heavy atom. The molecule has 2 heterocycles. The van der Waals surface area contributed by atoms with Crippen molar-refractivity contribution in [1.82, 2.24) is 14.8 Å². The highest BCUT2D eigenvalue weighted by Crippen LogP contribution is 2.24. The van der Waals surface area contributed by atoms with Gasteiger partial charge in [0.05, 0.1) is 16.9 Å². The predicted octanol–water partition coefficient (Wildman–Crippen LogP) is 3.65. The normalized spacial score (nSPS) is 10.9. The maximum Gasteiger partial charge on any atom is 0.0934 e. The summed E-state index contributed by atoms with van der Waals surface area (Å²) in [6, 6.07) is 8.22. The molecular formula is C15H15BrN4. The zero-order chi connectivity index (χ0) is 14.1. The molecule has 0 aliphatic rings. The maximum absolute atomic E-state index is 4.49. The lowest BCUT2D eigenvalue weighted by atomic mass is 10.2. The molecule has 0 aliphatic carbocycles. The standard InChI is InChI=1S/C15H15BrN4/c1-10-12(9-20(2)19-10)7-17-14-5-3-4-11-6-13(16)8-18-15(11)14/h3-6,8-9,17H,7H2,1-2H3. The van der Waals surface area contributed by atoms with E-state index in [4.69, 9.17) is 0 Å². The van der Waals surface area contributed by atoms with E-state index in [-0.39, 0.29) is 0 Å². The van der Waals surface area contributed by atoms with E-state index in [2.05, 4.69) is 49.5 Å². The number of hydrogen-bond donors (Lipinski definition) is 1. The van der Waals surface area contributed by atoms with Crippen molar-refractivity contribution in [3.8, 4) is 0 Å². The van der Waals surface area contributed by atoms with Crippen molar-refractivity contribution in [1.29, 1.82) is 0 Å². The molecule has 0 unspecified atom stereocenters. The van der Waals surface area contributed by atoms with Crippen LogP contribution >= 0.6 is 15.9 Å². The summed E-state index contributed by atoms with van der Waals surface area (Å²) in [6.07, 6.45) is 3.86. The van der Waals surface area contributed by atoms with Crippen LogP contribution in [-0.2, 0) is 13.6 Å². The maximum atomic E-state index is 4.49. The Labute approximate surface area is 126 Å². The van der Waals surface area contributed by atoms with Crippen LogP contribution in [0.2, 0.25) is 0 Å². The molecule has 102 valence electrons. The van der Waals surface area contributed by atoms with Gasteiger partial charge in [-0.05, 0) is 35.0 Å². The van der Waals surface area contributed by atoms with Crippen LogP contribution in [0.3, 0.4) is 0 Å². The molecule has 0 atom stereocenters. The minimum atomic E-state index is 0.747. The monoisotopic (exact) mass is 330 g/mol. The first kappa shape index (κ1) is 13.1. The number of aryl methyl sites for hydroxylation is 2. The number of hydrogen-bond acceptors (Lipinski definition) is 3. The largest absolute Gasteiger partial charge is 0.379 e. The van der Waals surface area contributed by atoms with Crippen LogP contribution in [0.25, 0.3) is 10.9 Å². The van der Waals surface area contributed by atoms with E-state index in [1.165, 1.54) is 5.56 Å². The summed E-state index contributed by atoms with van der Waals surface area (Å²) in [4.78, 5) is 4.49. The lowest BCUT2D eigenvalue weighted by molar-refractivity contribution is 0.756. The molecule has 0 spiro atoms. The molecule has 0 amide bonds. The molecule has 5 heteroatoms. The number of aromatic nitrogens is 3. The average molecular weight is 331 g/mol. The molecule has 1 aromatic carbocycles. The molecule has 0 saturated heterocycles. The van der Waals surface area contributed by atoms with E-state index in [9.17, 15) is 0 Å². The van der Waals surface area contributed by atoms with E-state index >= 15 is 0 Å². The third-order valence-corrected chi connectivity index (χ3v) is 3.70. The molecule has 0 fully saturated rings. The van der Waals surface area contributed by atoms with E-state index in [0.29, 0.717) is 0 Å². The van der Waals surface area contributed by atoms with Crippen molar-refractivity contribution >= 4 is 32.5 Å². The second-order valence-electron chi connectivity index (χ2n) is 4.80. The second kappa shape index (κ2) is 5.25. The Hall–Kier alpha value is -1.88. The molecule has 0 saturated carbocycles. The van der Waals surface area contributed by atoms with Gasteiger partial charge in [0, 0.05) is 41.4 Å². The van der Waals surface area contributed by atoms with Gasteiger partial charge in [-0.15, -0.1) is 0 Å². The topological polar surface area (TPSA) is 42.7 Å². The number of rotatable bonds is 3. The predicted molar refractivity (Wildman–Crippen MR) is 84.7 cm³/mol. The van der Waals surface area contributed by atoms with Gasteiger partial charge in [-0.2, -0.15) is 5.10 Å². The van der Waals surface area contributed by atoms with Crippen LogP contribution in [-0.4, -0.2) is 14.8 Å². The molecule has 20 heavy (non-hydrogen) atoms. The van der Waals surface area contributed by atoms with Gasteiger partial charge < -0.3 is 5.32 Å². The Morgan fingerprint density at radius 1 is 1.35 bits per heavy atom. The van der Waals surface area contributed by atoms with Crippen molar-refractivity contribution in [2.75, 3.05) is 5.32 Å². The fourth-order valence-electron chi connectivity index (χ4n) is 2.29. The minimum Gasteiger partial charge on any atom is -0.379 e. The first-order chi connectivity index (χ1) is 9.63. The number of para-hydroxylation sites is 1. The Balaban J connectivity index is 1.89. The fraction of sp³-hybridized carbons (Fsp3) is 0.200. The van der Waals surface area contributed by atoms with E-state index in [1.54, 1.807) is 0 Å². The van der Waals surface area contributed by atoms with Crippen LogP contribution in [0.4, 0.5) is 5.69 Å². The Bertz CT molecular complexity index is 764. The molecule has 4 nitrogen and oxygen atoms in total. The first-order valence-corrected chi connectivity index (χ1v) is 7.20. The summed E-state index contributed by atoms with van der Waals surface area (Å²) in [7, 11) is 1.94. The number of fused-ring (bicyclic) bond motifs is 1. The summed E-state index contributed by atoms with van der Waals surface area (Å²) in [5.41, 5.74) is 4.27. The van der Waals surface area contributed by atoms with Crippen molar-refractivity contribution in [2.24, 2.45) is 7.05 Å². The first-order valence-electron chi connectivity index (χ1n) is 6.41. The van der Waals surface area contributed by atoms with Crippen LogP contribution in [0.15, 0.2) is 41.1 Å². The Morgan fingerprint density at radius 2 is 2.20 bits per heavy atom. The van der Waals surface area contributed by atoms with Gasteiger partial charge in [0.1, 0.15) is 0 Å². The van der Waals surface area contributed by atoms with Crippen LogP contribution in [0.5, 0.6) is 0 Å². The third kappa shape index (κ3) is 2.54. The molecule has 3 rings (SSSR count). The zero-order valence-corrected chi connectivity index (χ0v) is 13.0. The van der Waals surface area contributed by atoms with Gasteiger partial charge >= 0.3 is 0 Å². The number of pyridine rings is 1. The van der Waals surface area contributed by atoms with Crippen molar-refractivity contribution < 1.29 is 0 Å².